The average Bonchev–Trinajstić information content (AvgIpc) is 2.98. The zero-order chi connectivity index (χ0) is 20.9. The van der Waals surface area contributed by atoms with Gasteiger partial charge in [0.15, 0.2) is 0 Å². The van der Waals surface area contributed by atoms with Crippen LogP contribution < -0.4 is 0 Å². The number of aromatic nitrogens is 3. The van der Waals surface area contributed by atoms with E-state index < -0.39 is 12.1 Å². The van der Waals surface area contributed by atoms with Crippen LogP contribution in [0.1, 0.15) is 12.0 Å². The summed E-state index contributed by atoms with van der Waals surface area (Å²) in [5.41, 5.74) is 3.29. The number of rotatable bonds is 4. The molecule has 0 aliphatic carbocycles. The Morgan fingerprint density at radius 3 is 2.57 bits per heavy atom. The van der Waals surface area contributed by atoms with Crippen LogP contribution in [-0.2, 0) is 18.4 Å². The SMILES string of the molecule is CN1CCN(Cc2ccc3c(c2)nnn3C)CC1CCO.O=C(O)C(F)(F)F. The zero-order valence-electron chi connectivity index (χ0n) is 15.7. The molecule has 0 saturated carbocycles. The summed E-state index contributed by atoms with van der Waals surface area (Å²) in [5, 5.41) is 24.5. The molecule has 1 aromatic heterocycles. The van der Waals surface area contributed by atoms with Crippen LogP contribution in [0.25, 0.3) is 11.0 Å². The Balaban J connectivity index is 0.000000345. The molecule has 1 aliphatic rings. The predicted molar refractivity (Wildman–Crippen MR) is 95.6 cm³/mol. The molecule has 0 radical (unpaired) electrons. The van der Waals surface area contributed by atoms with E-state index in [1.165, 1.54) is 5.56 Å². The van der Waals surface area contributed by atoms with Gasteiger partial charge in [0, 0.05) is 45.9 Å². The van der Waals surface area contributed by atoms with Crippen LogP contribution in [0.5, 0.6) is 0 Å². The Bertz CT molecular complexity index is 796. The number of piperazine rings is 1. The van der Waals surface area contributed by atoms with Crippen molar-refractivity contribution >= 4 is 17.0 Å². The van der Waals surface area contributed by atoms with Crippen LogP contribution in [0.2, 0.25) is 0 Å². The third kappa shape index (κ3) is 5.88. The fourth-order valence-corrected chi connectivity index (χ4v) is 3.06. The molecule has 0 amide bonds. The smallest absolute Gasteiger partial charge is 0.475 e. The summed E-state index contributed by atoms with van der Waals surface area (Å²) in [5.74, 6) is -2.76. The van der Waals surface area contributed by atoms with Crippen LogP contribution in [0, 0.1) is 0 Å². The van der Waals surface area contributed by atoms with Gasteiger partial charge in [-0.25, -0.2) is 9.48 Å². The summed E-state index contributed by atoms with van der Waals surface area (Å²) in [6.45, 7) is 4.32. The van der Waals surface area contributed by atoms with Crippen molar-refractivity contribution in [3.8, 4) is 0 Å². The number of aryl methyl sites for hydroxylation is 1. The standard InChI is InChI=1S/C15H23N5O.C2HF3O2/c1-18-6-7-20(11-13(18)5-8-21)10-12-3-4-15-14(9-12)16-17-19(15)2;3-2(4,5)1(6)7/h3-4,9,13,21H,5-8,10-11H2,1-2H3;(H,6,7). The van der Waals surface area contributed by atoms with E-state index in [1.807, 2.05) is 7.05 Å². The molecule has 1 aliphatic heterocycles. The van der Waals surface area contributed by atoms with Gasteiger partial charge in [0.1, 0.15) is 5.52 Å². The molecule has 3 rings (SSSR count). The Morgan fingerprint density at radius 1 is 1.29 bits per heavy atom. The van der Waals surface area contributed by atoms with Gasteiger partial charge in [-0.05, 0) is 31.2 Å². The molecule has 156 valence electrons. The average molecular weight is 403 g/mol. The van der Waals surface area contributed by atoms with Gasteiger partial charge in [-0.3, -0.25) is 4.90 Å². The first kappa shape index (κ1) is 22.1. The van der Waals surface area contributed by atoms with Crippen LogP contribution in [0.3, 0.4) is 0 Å². The van der Waals surface area contributed by atoms with Crippen molar-refractivity contribution in [3.63, 3.8) is 0 Å². The van der Waals surface area contributed by atoms with Crippen molar-refractivity contribution in [2.45, 2.75) is 25.2 Å². The molecule has 2 N–H and O–H groups in total. The molecule has 1 fully saturated rings. The number of alkyl halides is 3. The lowest BCUT2D eigenvalue weighted by molar-refractivity contribution is -0.192. The molecule has 1 atom stereocenters. The lowest BCUT2D eigenvalue weighted by Crippen LogP contribution is -2.51. The van der Waals surface area contributed by atoms with E-state index in [1.54, 1.807) is 4.68 Å². The first-order valence-electron chi connectivity index (χ1n) is 8.73. The largest absolute Gasteiger partial charge is 0.490 e. The van der Waals surface area contributed by atoms with Crippen molar-refractivity contribution in [3.05, 3.63) is 23.8 Å². The number of hydrogen-bond donors (Lipinski definition) is 2. The number of likely N-dealkylation sites (N-methyl/N-ethyl adjacent to an activating group) is 1. The summed E-state index contributed by atoms with van der Waals surface area (Å²) in [4.78, 5) is 13.7. The Morgan fingerprint density at radius 2 is 1.96 bits per heavy atom. The number of carbonyl (C=O) groups is 1. The summed E-state index contributed by atoms with van der Waals surface area (Å²) in [6.07, 6.45) is -4.24. The molecule has 1 unspecified atom stereocenters. The van der Waals surface area contributed by atoms with Gasteiger partial charge in [-0.2, -0.15) is 13.2 Å². The van der Waals surface area contributed by atoms with E-state index >= 15 is 0 Å². The van der Waals surface area contributed by atoms with Gasteiger partial charge in [-0.1, -0.05) is 11.3 Å². The van der Waals surface area contributed by atoms with Crippen LogP contribution >= 0.6 is 0 Å². The second kappa shape index (κ2) is 9.30. The van der Waals surface area contributed by atoms with Gasteiger partial charge < -0.3 is 15.1 Å². The number of aliphatic hydroxyl groups excluding tert-OH is 1. The van der Waals surface area contributed by atoms with Crippen molar-refractivity contribution in [1.29, 1.82) is 0 Å². The zero-order valence-corrected chi connectivity index (χ0v) is 15.7. The van der Waals surface area contributed by atoms with Crippen LogP contribution in [-0.4, -0.2) is 86.5 Å². The Hall–Kier alpha value is -2.24. The number of fused-ring (bicyclic) bond motifs is 1. The van der Waals surface area contributed by atoms with Crippen molar-refractivity contribution in [2.75, 3.05) is 33.3 Å². The lowest BCUT2D eigenvalue weighted by Gasteiger charge is -2.39. The second-order valence-corrected chi connectivity index (χ2v) is 6.72. The van der Waals surface area contributed by atoms with Gasteiger partial charge >= 0.3 is 12.1 Å². The predicted octanol–water partition coefficient (Wildman–Crippen LogP) is 1.10. The lowest BCUT2D eigenvalue weighted by atomic mass is 10.1. The second-order valence-electron chi connectivity index (χ2n) is 6.72. The quantitative estimate of drug-likeness (QED) is 0.789. The highest BCUT2D eigenvalue weighted by Gasteiger charge is 2.38. The first-order valence-corrected chi connectivity index (χ1v) is 8.73. The molecule has 28 heavy (non-hydrogen) atoms. The summed E-state index contributed by atoms with van der Waals surface area (Å²) < 4.78 is 33.5. The Kier molecular flexibility index (Phi) is 7.33. The molecule has 11 heteroatoms. The molecular formula is C17H24F3N5O3. The van der Waals surface area contributed by atoms with E-state index in [-0.39, 0.29) is 6.61 Å². The fourth-order valence-electron chi connectivity index (χ4n) is 3.06. The highest BCUT2D eigenvalue weighted by molar-refractivity contribution is 5.74. The molecule has 8 nitrogen and oxygen atoms in total. The molecule has 1 saturated heterocycles. The minimum atomic E-state index is -5.08. The third-order valence-corrected chi connectivity index (χ3v) is 4.65. The molecule has 1 aromatic carbocycles. The number of aliphatic carboxylic acids is 1. The van der Waals surface area contributed by atoms with Gasteiger partial charge in [0.05, 0.1) is 5.52 Å². The molecule has 2 aromatic rings. The summed E-state index contributed by atoms with van der Waals surface area (Å²) in [7, 11) is 4.05. The number of carboxylic acids is 1. The molecule has 0 spiro atoms. The monoisotopic (exact) mass is 403 g/mol. The number of halogens is 3. The fraction of sp³-hybridized carbons (Fsp3) is 0.588. The van der Waals surface area contributed by atoms with Gasteiger partial charge in [-0.15, -0.1) is 5.10 Å². The minimum absolute atomic E-state index is 0.258. The summed E-state index contributed by atoms with van der Waals surface area (Å²) >= 11 is 0. The number of benzene rings is 1. The van der Waals surface area contributed by atoms with Gasteiger partial charge in [0.2, 0.25) is 0 Å². The number of nitrogens with zero attached hydrogens (tertiary/aromatic N) is 5. The third-order valence-electron chi connectivity index (χ3n) is 4.65. The van der Waals surface area contributed by atoms with E-state index in [0.717, 1.165) is 43.6 Å². The number of carboxylic acid groups (broad SMARTS) is 1. The number of aliphatic hydroxyl groups is 1. The molecule has 0 bridgehead atoms. The van der Waals surface area contributed by atoms with E-state index in [4.69, 9.17) is 9.90 Å². The Labute approximate surface area is 160 Å². The van der Waals surface area contributed by atoms with Crippen LogP contribution in [0.15, 0.2) is 18.2 Å². The topological polar surface area (TPSA) is 94.7 Å². The highest BCUT2D eigenvalue weighted by Crippen LogP contribution is 2.17. The normalized spacial score (nSPS) is 18.7. The molecule has 2 heterocycles. The van der Waals surface area contributed by atoms with Crippen LogP contribution in [0.4, 0.5) is 13.2 Å². The number of hydrogen-bond acceptors (Lipinski definition) is 6. The van der Waals surface area contributed by atoms with Crippen molar-refractivity contribution < 1.29 is 28.2 Å². The first-order chi connectivity index (χ1) is 13.1. The highest BCUT2D eigenvalue weighted by atomic mass is 19.4. The maximum atomic E-state index is 10.6. The summed E-state index contributed by atoms with van der Waals surface area (Å²) in [6, 6.07) is 6.82. The molecular weight excluding hydrogens is 379 g/mol. The van der Waals surface area contributed by atoms with E-state index in [2.05, 4.69) is 45.4 Å². The van der Waals surface area contributed by atoms with Crippen molar-refractivity contribution in [2.24, 2.45) is 7.05 Å². The van der Waals surface area contributed by atoms with E-state index in [0.29, 0.717) is 6.04 Å². The minimum Gasteiger partial charge on any atom is -0.475 e. The maximum Gasteiger partial charge on any atom is 0.490 e. The van der Waals surface area contributed by atoms with Gasteiger partial charge in [0.25, 0.3) is 0 Å². The maximum absolute atomic E-state index is 10.6. The van der Waals surface area contributed by atoms with E-state index in [9.17, 15) is 18.3 Å². The van der Waals surface area contributed by atoms with Crippen molar-refractivity contribution in [1.82, 2.24) is 24.8 Å².